The summed E-state index contributed by atoms with van der Waals surface area (Å²) in [5.41, 5.74) is 10.3. The first kappa shape index (κ1) is 17.4. The molecule has 11 nitrogen and oxygen atoms in total. The van der Waals surface area contributed by atoms with Gasteiger partial charge in [-0.2, -0.15) is 0 Å². The third-order valence-corrected chi connectivity index (χ3v) is 2.29. The number of carboxylic acids is 2. The fraction of sp³-hybridized carbons (Fsp3) is 0.455. The second-order valence-electron chi connectivity index (χ2n) is 4.25. The van der Waals surface area contributed by atoms with Gasteiger partial charge in [-0.3, -0.25) is 14.6 Å². The van der Waals surface area contributed by atoms with E-state index in [4.69, 9.17) is 21.7 Å². The summed E-state index contributed by atoms with van der Waals surface area (Å²) in [6, 6.07) is -1.51. The fourth-order valence-corrected chi connectivity index (χ4v) is 1.11. The Hall–Kier alpha value is -2.66. The van der Waals surface area contributed by atoms with Crippen LogP contribution in [0.5, 0.6) is 0 Å². The zero-order valence-electron chi connectivity index (χ0n) is 11.6. The van der Waals surface area contributed by atoms with Crippen molar-refractivity contribution in [2.24, 2.45) is 31.4 Å². The van der Waals surface area contributed by atoms with Gasteiger partial charge in [-0.05, 0) is 0 Å². The number of hydrogen-bond donors (Lipinski definition) is 5. The van der Waals surface area contributed by atoms with Gasteiger partial charge < -0.3 is 27.0 Å². The molecule has 22 heavy (non-hydrogen) atoms. The molecule has 0 saturated carbocycles. The van der Waals surface area contributed by atoms with Crippen molar-refractivity contribution in [3.8, 4) is 0 Å². The summed E-state index contributed by atoms with van der Waals surface area (Å²) < 4.78 is 0. The molecule has 0 spiro atoms. The van der Waals surface area contributed by atoms with Crippen LogP contribution in [0.2, 0.25) is 0 Å². The molecule has 2 unspecified atom stereocenters. The topological polar surface area (TPSA) is 198 Å². The molecule has 3 heterocycles. The summed E-state index contributed by atoms with van der Waals surface area (Å²) in [5.74, 6) is -1.41. The quantitative estimate of drug-likeness (QED) is 0.359. The molecule has 3 aliphatic rings. The van der Waals surface area contributed by atoms with Gasteiger partial charge in [0.2, 0.25) is 0 Å². The van der Waals surface area contributed by atoms with E-state index in [9.17, 15) is 9.59 Å². The molecule has 1 saturated heterocycles. The van der Waals surface area contributed by atoms with Crippen molar-refractivity contribution in [1.82, 2.24) is 5.32 Å². The number of carbonyl (C=O) groups is 2. The Labute approximate surface area is 125 Å². The van der Waals surface area contributed by atoms with E-state index in [1.165, 1.54) is 25.8 Å². The Morgan fingerprint density at radius 1 is 1.32 bits per heavy atom. The monoisotopic (exact) mass is 311 g/mol. The normalized spacial score (nSPS) is 21.0. The maximum atomic E-state index is 9.85. The fourth-order valence-electron chi connectivity index (χ4n) is 1.11. The highest BCUT2D eigenvalue weighted by molar-refractivity contribution is 6.19. The maximum Gasteiger partial charge on any atom is 0.321 e. The molecule has 0 aromatic rings. The van der Waals surface area contributed by atoms with E-state index >= 15 is 0 Å². The summed E-state index contributed by atoms with van der Waals surface area (Å²) in [4.78, 5) is 35.1. The van der Waals surface area contributed by atoms with E-state index in [2.05, 4.69) is 25.3 Å². The molecule has 2 atom stereocenters. The first-order chi connectivity index (χ1) is 10.4. The number of fused-ring (bicyclic) bond motifs is 1. The summed E-state index contributed by atoms with van der Waals surface area (Å²) in [6.45, 7) is 2.50. The third kappa shape index (κ3) is 6.67. The van der Waals surface area contributed by atoms with Gasteiger partial charge in [-0.15, -0.1) is 0 Å². The molecular formula is C11H17N7O4. The lowest BCUT2D eigenvalue weighted by Crippen LogP contribution is -2.34. The average molecular weight is 311 g/mol. The first-order valence-corrected chi connectivity index (χ1v) is 6.27. The Balaban J connectivity index is 0.000000186. The van der Waals surface area contributed by atoms with Crippen molar-refractivity contribution >= 4 is 36.3 Å². The van der Waals surface area contributed by atoms with Gasteiger partial charge >= 0.3 is 11.9 Å². The van der Waals surface area contributed by atoms with Crippen LogP contribution in [0.3, 0.4) is 0 Å². The van der Waals surface area contributed by atoms with Crippen LogP contribution < -0.4 is 16.8 Å². The van der Waals surface area contributed by atoms with Gasteiger partial charge in [0.05, 0.1) is 6.42 Å². The van der Waals surface area contributed by atoms with Crippen molar-refractivity contribution in [2.75, 3.05) is 13.1 Å². The number of nitrogens with two attached hydrogens (primary N) is 2. The van der Waals surface area contributed by atoms with Crippen LogP contribution in [0.1, 0.15) is 6.42 Å². The molecule has 0 radical (unpaired) electrons. The van der Waals surface area contributed by atoms with Crippen molar-refractivity contribution in [3.63, 3.8) is 0 Å². The van der Waals surface area contributed by atoms with Crippen LogP contribution in [0, 0.1) is 0 Å². The van der Waals surface area contributed by atoms with Gasteiger partial charge in [-0.25, -0.2) is 15.0 Å². The van der Waals surface area contributed by atoms with Gasteiger partial charge in [0, 0.05) is 13.1 Å². The maximum absolute atomic E-state index is 9.85. The van der Waals surface area contributed by atoms with E-state index in [-0.39, 0.29) is 6.04 Å². The summed E-state index contributed by atoms with van der Waals surface area (Å²) in [6.07, 6.45) is 2.31. The van der Waals surface area contributed by atoms with E-state index in [0.29, 0.717) is 11.7 Å². The smallest absolute Gasteiger partial charge is 0.321 e. The number of carboxylic acid groups (broad SMARTS) is 2. The van der Waals surface area contributed by atoms with Crippen molar-refractivity contribution in [1.29, 1.82) is 0 Å². The Kier molecular flexibility index (Phi) is 6.79. The predicted octanol–water partition coefficient (Wildman–Crippen LogP) is -2.34. The van der Waals surface area contributed by atoms with Gasteiger partial charge in [0.25, 0.3) is 0 Å². The second-order valence-corrected chi connectivity index (χ2v) is 4.25. The summed E-state index contributed by atoms with van der Waals surface area (Å²) in [5, 5.41) is 19.0. The zero-order valence-corrected chi connectivity index (χ0v) is 11.6. The molecule has 0 aromatic carbocycles. The Morgan fingerprint density at radius 3 is 2.36 bits per heavy atom. The minimum Gasteiger partial charge on any atom is -0.481 e. The largest absolute Gasteiger partial charge is 0.481 e. The Bertz CT molecular complexity index is 536. The number of hydrogen-bond acceptors (Lipinski definition) is 9. The molecule has 11 heteroatoms. The SMILES string of the molecule is C1CN1.NC(CC(=O)O)C(=O)O.NC1=NC=NC2=NC=NC12. The van der Waals surface area contributed by atoms with Gasteiger partial charge in [0.1, 0.15) is 24.6 Å². The molecule has 0 aliphatic carbocycles. The van der Waals surface area contributed by atoms with Crippen LogP contribution in [0.4, 0.5) is 0 Å². The summed E-state index contributed by atoms with van der Waals surface area (Å²) >= 11 is 0. The van der Waals surface area contributed by atoms with Gasteiger partial charge in [-0.1, -0.05) is 0 Å². The average Bonchev–Trinajstić information content (AvgIpc) is 3.25. The molecule has 0 amide bonds. The van der Waals surface area contributed by atoms with E-state index in [1.54, 1.807) is 0 Å². The molecule has 3 rings (SSSR count). The molecule has 1 fully saturated rings. The highest BCUT2D eigenvalue weighted by Gasteiger charge is 2.23. The van der Waals surface area contributed by atoms with E-state index < -0.39 is 24.4 Å². The number of aliphatic carboxylic acids is 2. The standard InChI is InChI=1S/C5H5N5.C4H7NO4.C2H5N/c6-4-3-5(9-1-7-3)10-2-8-4;5-2(4(8)9)1-3(6)7;1-2-3-1/h1-3H,(H2,6,7,8,9,10);2H,1,5H2,(H,6,7)(H,8,9);3H,1-2H2. The van der Waals surface area contributed by atoms with Crippen LogP contribution in [0.25, 0.3) is 0 Å². The van der Waals surface area contributed by atoms with Gasteiger partial charge in [0.15, 0.2) is 11.9 Å². The molecule has 0 bridgehead atoms. The highest BCUT2D eigenvalue weighted by Crippen LogP contribution is 2.05. The minimum absolute atomic E-state index is 0.218. The molecule has 120 valence electrons. The number of rotatable bonds is 3. The third-order valence-electron chi connectivity index (χ3n) is 2.29. The van der Waals surface area contributed by atoms with Crippen LogP contribution >= 0.6 is 0 Å². The first-order valence-electron chi connectivity index (χ1n) is 6.27. The lowest BCUT2D eigenvalue weighted by molar-refractivity contribution is -0.144. The molecule has 7 N–H and O–H groups in total. The minimum atomic E-state index is -1.29. The van der Waals surface area contributed by atoms with E-state index in [1.807, 2.05) is 0 Å². The van der Waals surface area contributed by atoms with Crippen LogP contribution in [0.15, 0.2) is 20.0 Å². The second kappa shape index (κ2) is 8.59. The molecule has 0 aromatic heterocycles. The predicted molar refractivity (Wildman–Crippen MR) is 80.6 cm³/mol. The van der Waals surface area contributed by atoms with Crippen LogP contribution in [-0.4, -0.2) is 71.7 Å². The number of nitrogens with one attached hydrogen (secondary N) is 1. The number of aliphatic imine (C=N–C) groups is 4. The summed E-state index contributed by atoms with van der Waals surface area (Å²) in [7, 11) is 0. The lowest BCUT2D eigenvalue weighted by Gasteiger charge is -2.08. The lowest BCUT2D eigenvalue weighted by atomic mass is 10.2. The van der Waals surface area contributed by atoms with E-state index in [0.717, 1.165) is 0 Å². The number of nitrogens with zero attached hydrogens (tertiary/aromatic N) is 4. The van der Waals surface area contributed by atoms with Crippen molar-refractivity contribution in [2.45, 2.75) is 18.5 Å². The zero-order chi connectivity index (χ0) is 16.5. The van der Waals surface area contributed by atoms with Crippen molar-refractivity contribution < 1.29 is 19.8 Å². The molecule has 3 aliphatic heterocycles. The number of amidine groups is 2. The van der Waals surface area contributed by atoms with Crippen molar-refractivity contribution in [3.05, 3.63) is 0 Å². The molecular weight excluding hydrogens is 294 g/mol. The highest BCUT2D eigenvalue weighted by atomic mass is 16.4. The van der Waals surface area contributed by atoms with Crippen LogP contribution in [-0.2, 0) is 9.59 Å². The Morgan fingerprint density at radius 2 is 1.95 bits per heavy atom.